The van der Waals surface area contributed by atoms with Crippen molar-refractivity contribution in [2.45, 2.75) is 42.8 Å². The van der Waals surface area contributed by atoms with Crippen LogP contribution in [0.1, 0.15) is 23.1 Å². The quantitative estimate of drug-likeness (QED) is 0.414. The number of hydrogen-bond donors (Lipinski definition) is 2. The Kier molecular flexibility index (Phi) is 8.05. The Morgan fingerprint density at radius 1 is 1.03 bits per heavy atom. The molecular formula is C26H24F4N2O5S. The molecule has 38 heavy (non-hydrogen) atoms. The molecule has 1 aliphatic rings. The molecule has 1 heterocycles. The van der Waals surface area contributed by atoms with Crippen LogP contribution in [0.15, 0.2) is 77.7 Å². The van der Waals surface area contributed by atoms with E-state index in [-0.39, 0.29) is 31.0 Å². The lowest BCUT2D eigenvalue weighted by atomic mass is 10.1. The summed E-state index contributed by atoms with van der Waals surface area (Å²) in [5.41, 5.74) is 0.423. The lowest BCUT2D eigenvalue weighted by Crippen LogP contribution is -2.45. The fraction of sp³-hybridized carbons (Fsp3) is 0.269. The maximum atomic E-state index is 13.2. The fourth-order valence-electron chi connectivity index (χ4n) is 4.04. The van der Waals surface area contributed by atoms with Crippen molar-refractivity contribution in [2.24, 2.45) is 0 Å². The first-order valence-electron chi connectivity index (χ1n) is 11.5. The second-order valence-corrected chi connectivity index (χ2v) is 10.7. The molecular weight excluding hydrogens is 528 g/mol. The lowest BCUT2D eigenvalue weighted by Gasteiger charge is -2.23. The van der Waals surface area contributed by atoms with Crippen LogP contribution in [0.4, 0.5) is 17.6 Å². The summed E-state index contributed by atoms with van der Waals surface area (Å²) in [5.74, 6) is -0.790. The third-order valence-corrected chi connectivity index (χ3v) is 7.90. The summed E-state index contributed by atoms with van der Waals surface area (Å²) < 4.78 is 84.0. The zero-order chi connectivity index (χ0) is 27.5. The van der Waals surface area contributed by atoms with Crippen molar-refractivity contribution in [1.82, 2.24) is 9.62 Å². The third-order valence-electron chi connectivity index (χ3n) is 6.01. The first kappa shape index (κ1) is 27.6. The summed E-state index contributed by atoms with van der Waals surface area (Å²) in [6.45, 7) is -0.206. The van der Waals surface area contributed by atoms with Gasteiger partial charge in [-0.05, 0) is 59.7 Å². The number of alkyl halides is 3. The largest absolute Gasteiger partial charge is 0.489 e. The number of carbonyl (C=O) groups is 1. The van der Waals surface area contributed by atoms with Gasteiger partial charge in [-0.1, -0.05) is 24.3 Å². The van der Waals surface area contributed by atoms with Crippen molar-refractivity contribution in [1.29, 1.82) is 0 Å². The minimum Gasteiger partial charge on any atom is -0.489 e. The van der Waals surface area contributed by atoms with E-state index in [1.54, 1.807) is 24.3 Å². The number of nitrogens with one attached hydrogen (secondary N) is 1. The van der Waals surface area contributed by atoms with Gasteiger partial charge in [0.25, 0.3) is 0 Å². The summed E-state index contributed by atoms with van der Waals surface area (Å²) in [6.07, 6.45) is -5.55. The summed E-state index contributed by atoms with van der Waals surface area (Å²) in [6, 6.07) is 14.3. The number of amides is 1. The number of halogens is 4. The van der Waals surface area contributed by atoms with E-state index in [1.807, 2.05) is 0 Å². The van der Waals surface area contributed by atoms with Crippen LogP contribution in [-0.4, -0.2) is 42.4 Å². The third kappa shape index (κ3) is 6.50. The molecule has 12 heteroatoms. The molecule has 1 aliphatic heterocycles. The van der Waals surface area contributed by atoms with E-state index in [0.717, 1.165) is 40.7 Å². The number of β-amino-alcohol motifs (C(OH)–C–C–N with tert-alkyl or cyclic N) is 1. The summed E-state index contributed by atoms with van der Waals surface area (Å²) in [7, 11) is -4.15. The maximum absolute atomic E-state index is 13.2. The molecule has 4 rings (SSSR count). The van der Waals surface area contributed by atoms with Crippen LogP contribution in [0.3, 0.4) is 0 Å². The van der Waals surface area contributed by atoms with Crippen molar-refractivity contribution in [3.05, 3.63) is 95.3 Å². The van der Waals surface area contributed by atoms with Crippen LogP contribution < -0.4 is 10.1 Å². The van der Waals surface area contributed by atoms with Crippen molar-refractivity contribution in [3.63, 3.8) is 0 Å². The van der Waals surface area contributed by atoms with Crippen LogP contribution in [0.5, 0.6) is 5.75 Å². The van der Waals surface area contributed by atoms with Crippen LogP contribution in [-0.2, 0) is 34.1 Å². The zero-order valence-corrected chi connectivity index (χ0v) is 20.7. The highest BCUT2D eigenvalue weighted by atomic mass is 32.2. The Labute approximate surface area is 216 Å². The van der Waals surface area contributed by atoms with Crippen molar-refractivity contribution >= 4 is 15.9 Å². The first-order valence-corrected chi connectivity index (χ1v) is 13.0. The zero-order valence-electron chi connectivity index (χ0n) is 19.9. The van der Waals surface area contributed by atoms with Crippen molar-refractivity contribution in [2.75, 3.05) is 6.54 Å². The molecule has 1 saturated heterocycles. The van der Waals surface area contributed by atoms with Gasteiger partial charge in [0, 0.05) is 19.5 Å². The van der Waals surface area contributed by atoms with Gasteiger partial charge in [-0.15, -0.1) is 0 Å². The number of rotatable bonds is 8. The van der Waals surface area contributed by atoms with Crippen molar-refractivity contribution < 1.29 is 40.6 Å². The molecule has 1 fully saturated rings. The van der Waals surface area contributed by atoms with Crippen LogP contribution in [0.2, 0.25) is 0 Å². The van der Waals surface area contributed by atoms with Gasteiger partial charge in [0.05, 0.1) is 16.6 Å². The Morgan fingerprint density at radius 3 is 2.37 bits per heavy atom. The minimum atomic E-state index is -4.42. The molecule has 3 aromatic rings. The van der Waals surface area contributed by atoms with Crippen molar-refractivity contribution in [3.8, 4) is 5.75 Å². The summed E-state index contributed by atoms with van der Waals surface area (Å²) >= 11 is 0. The Balaban J connectivity index is 1.37. The maximum Gasteiger partial charge on any atom is 0.416 e. The molecule has 0 unspecified atom stereocenters. The minimum absolute atomic E-state index is 0.0319. The molecule has 3 aromatic carbocycles. The Hall–Kier alpha value is -3.48. The fourth-order valence-corrected chi connectivity index (χ4v) is 5.67. The number of ether oxygens (including phenoxy) is 1. The van der Waals surface area contributed by atoms with Crippen LogP contribution in [0.25, 0.3) is 0 Å². The van der Waals surface area contributed by atoms with Gasteiger partial charge in [-0.25, -0.2) is 12.8 Å². The molecule has 2 N–H and O–H groups in total. The van der Waals surface area contributed by atoms with Gasteiger partial charge < -0.3 is 15.2 Å². The smallest absolute Gasteiger partial charge is 0.416 e. The molecule has 202 valence electrons. The molecule has 7 nitrogen and oxygen atoms in total. The number of aliphatic hydroxyl groups is 1. The standard InChI is InChI=1S/C26H24F4N2O5S/c27-20-8-10-23(11-9-20)38(35,36)32-15-21(33)13-24(32)25(34)31-14-18-2-1-3-22(12-18)37-16-17-4-6-19(7-5-17)26(28,29)30/h1-12,21,24,33H,13-16H2,(H,31,34)/t21-,24+/m1/s1. The molecule has 2 atom stereocenters. The van der Waals surface area contributed by atoms with E-state index < -0.39 is 45.6 Å². The average Bonchev–Trinajstić information content (AvgIpc) is 3.29. The van der Waals surface area contributed by atoms with Crippen LogP contribution >= 0.6 is 0 Å². The molecule has 1 amide bonds. The topological polar surface area (TPSA) is 95.9 Å². The van der Waals surface area contributed by atoms with Gasteiger partial charge in [0.2, 0.25) is 15.9 Å². The highest BCUT2D eigenvalue weighted by Crippen LogP contribution is 2.29. The molecule has 0 bridgehead atoms. The number of sulfonamides is 1. The predicted octanol–water partition coefficient (Wildman–Crippen LogP) is 3.86. The van der Waals surface area contributed by atoms with Gasteiger partial charge in [0.1, 0.15) is 24.2 Å². The van der Waals surface area contributed by atoms with E-state index in [2.05, 4.69) is 5.32 Å². The van der Waals surface area contributed by atoms with Gasteiger partial charge in [-0.3, -0.25) is 4.79 Å². The van der Waals surface area contributed by atoms with Crippen LogP contribution in [0, 0.1) is 5.82 Å². The Morgan fingerprint density at radius 2 is 1.71 bits per heavy atom. The lowest BCUT2D eigenvalue weighted by molar-refractivity contribution is -0.137. The molecule has 0 saturated carbocycles. The molecule has 0 radical (unpaired) electrons. The molecule has 0 spiro atoms. The first-order chi connectivity index (χ1) is 17.9. The highest BCUT2D eigenvalue weighted by molar-refractivity contribution is 7.89. The monoisotopic (exact) mass is 552 g/mol. The van der Waals surface area contributed by atoms with E-state index in [1.165, 1.54) is 12.1 Å². The second-order valence-electron chi connectivity index (χ2n) is 8.78. The SMILES string of the molecule is O=C(NCc1cccc(OCc2ccc(C(F)(F)F)cc2)c1)[C@@H]1C[C@@H](O)CN1S(=O)(=O)c1ccc(F)cc1. The van der Waals surface area contributed by atoms with E-state index in [0.29, 0.717) is 16.9 Å². The van der Waals surface area contributed by atoms with Gasteiger partial charge in [-0.2, -0.15) is 17.5 Å². The number of aliphatic hydroxyl groups excluding tert-OH is 1. The second kappa shape index (κ2) is 11.1. The number of carbonyl (C=O) groups excluding carboxylic acids is 1. The van der Waals surface area contributed by atoms with E-state index >= 15 is 0 Å². The number of nitrogens with zero attached hydrogens (tertiary/aromatic N) is 1. The highest BCUT2D eigenvalue weighted by Gasteiger charge is 2.43. The molecule has 0 aromatic heterocycles. The summed E-state index contributed by atoms with van der Waals surface area (Å²) in [4.78, 5) is 12.7. The molecule has 0 aliphatic carbocycles. The van der Waals surface area contributed by atoms with Gasteiger partial charge >= 0.3 is 6.18 Å². The Bertz CT molecular complexity index is 1380. The van der Waals surface area contributed by atoms with Gasteiger partial charge in [0.15, 0.2) is 0 Å². The number of benzene rings is 3. The summed E-state index contributed by atoms with van der Waals surface area (Å²) in [5, 5.41) is 12.8. The normalized spacial score (nSPS) is 18.3. The van der Waals surface area contributed by atoms with E-state index in [9.17, 15) is 35.9 Å². The number of hydrogen-bond acceptors (Lipinski definition) is 5. The van der Waals surface area contributed by atoms with E-state index in [4.69, 9.17) is 4.74 Å². The predicted molar refractivity (Wildman–Crippen MR) is 129 cm³/mol. The average molecular weight is 553 g/mol.